The molecule has 0 spiro atoms. The summed E-state index contributed by atoms with van der Waals surface area (Å²) in [6.45, 7) is 7.62. The first kappa shape index (κ1) is 22.2. The number of rotatable bonds is 8. The molecule has 34 heavy (non-hydrogen) atoms. The molecule has 0 radical (unpaired) electrons. The number of nitrogens with one attached hydrogen (secondary N) is 1. The number of carbonyl (C=O) groups is 1. The van der Waals surface area contributed by atoms with Gasteiger partial charge in [0, 0.05) is 31.4 Å². The molecule has 0 saturated carbocycles. The molecule has 0 fully saturated rings. The zero-order valence-corrected chi connectivity index (χ0v) is 19.8. The van der Waals surface area contributed by atoms with Gasteiger partial charge in [0.2, 0.25) is 11.7 Å². The van der Waals surface area contributed by atoms with Crippen LogP contribution in [0.1, 0.15) is 12.5 Å². The van der Waals surface area contributed by atoms with Gasteiger partial charge in [0.05, 0.1) is 16.7 Å². The van der Waals surface area contributed by atoms with E-state index in [4.69, 9.17) is 0 Å². The molecule has 174 valence electrons. The summed E-state index contributed by atoms with van der Waals surface area (Å²) in [7, 11) is 0. The summed E-state index contributed by atoms with van der Waals surface area (Å²) in [6, 6.07) is 16.2. The minimum atomic E-state index is -0.137. The predicted octanol–water partition coefficient (Wildman–Crippen LogP) is 2.89. The van der Waals surface area contributed by atoms with Crippen LogP contribution < -0.4 is 15.8 Å². The van der Waals surface area contributed by atoms with Gasteiger partial charge < -0.3 is 10.2 Å². The topological polar surface area (TPSA) is 84.5 Å². The second-order valence-corrected chi connectivity index (χ2v) is 9.30. The molecule has 0 bridgehead atoms. The Morgan fingerprint density at radius 2 is 2.00 bits per heavy atom. The fourth-order valence-electron chi connectivity index (χ4n) is 4.59. The molecule has 1 aliphatic rings. The third-order valence-electron chi connectivity index (χ3n) is 6.15. The van der Waals surface area contributed by atoms with Crippen molar-refractivity contribution in [3.05, 3.63) is 77.1 Å². The Morgan fingerprint density at radius 3 is 2.85 bits per heavy atom. The first-order valence-electron chi connectivity index (χ1n) is 11.3. The number of amides is 1. The molecule has 0 saturated heterocycles. The Balaban J connectivity index is 1.28. The molecule has 5 rings (SSSR count). The fourth-order valence-corrected chi connectivity index (χ4v) is 5.36. The number of thioether (sulfide) groups is 1. The number of nitrogens with zero attached hydrogens (tertiary/aromatic N) is 5. The number of para-hydroxylation sites is 2. The number of allylic oxidation sites excluding steroid dienone is 1. The molecular weight excluding hydrogens is 448 g/mol. The van der Waals surface area contributed by atoms with Gasteiger partial charge in [0.25, 0.3) is 5.56 Å². The van der Waals surface area contributed by atoms with Crippen LogP contribution in [0.3, 0.4) is 0 Å². The van der Waals surface area contributed by atoms with Crippen LogP contribution >= 0.6 is 11.8 Å². The molecule has 1 unspecified atom stereocenters. The fraction of sp³-hybridized carbons (Fsp3) is 0.280. The van der Waals surface area contributed by atoms with Crippen molar-refractivity contribution in [3.63, 3.8) is 0 Å². The standard InChI is InChI=1S/C25H26N6O2S/c1-3-13-30-23(33)19-9-5-7-11-21(19)31-24(30)27-28-25(31)34-16-22(32)26-12-14-29-17(2)15-18-8-4-6-10-20(18)29/h3-11,17H,1,12-16H2,2H3,(H,26,32). The second-order valence-electron chi connectivity index (χ2n) is 8.35. The molecule has 2 aromatic heterocycles. The summed E-state index contributed by atoms with van der Waals surface area (Å²) in [5.41, 5.74) is 3.20. The van der Waals surface area contributed by atoms with Gasteiger partial charge in [-0.2, -0.15) is 0 Å². The molecule has 4 aromatic rings. The number of anilines is 1. The number of benzene rings is 2. The zero-order chi connectivity index (χ0) is 23.7. The van der Waals surface area contributed by atoms with Crippen LogP contribution in [0.4, 0.5) is 5.69 Å². The molecule has 2 aromatic carbocycles. The maximum Gasteiger partial charge on any atom is 0.263 e. The third-order valence-corrected chi connectivity index (χ3v) is 7.07. The molecule has 9 heteroatoms. The highest BCUT2D eigenvalue weighted by atomic mass is 32.2. The highest BCUT2D eigenvalue weighted by Crippen LogP contribution is 2.31. The lowest BCUT2D eigenvalue weighted by Gasteiger charge is -2.25. The summed E-state index contributed by atoms with van der Waals surface area (Å²) < 4.78 is 3.38. The summed E-state index contributed by atoms with van der Waals surface area (Å²) in [4.78, 5) is 27.8. The smallest absolute Gasteiger partial charge is 0.263 e. The van der Waals surface area contributed by atoms with Crippen molar-refractivity contribution in [3.8, 4) is 0 Å². The van der Waals surface area contributed by atoms with Gasteiger partial charge in [-0.3, -0.25) is 18.6 Å². The molecule has 1 aliphatic heterocycles. The van der Waals surface area contributed by atoms with E-state index in [-0.39, 0.29) is 17.2 Å². The van der Waals surface area contributed by atoms with Gasteiger partial charge in [0.15, 0.2) is 5.16 Å². The van der Waals surface area contributed by atoms with Gasteiger partial charge in [-0.1, -0.05) is 48.2 Å². The summed E-state index contributed by atoms with van der Waals surface area (Å²) in [5.74, 6) is 0.584. The second kappa shape index (κ2) is 9.34. The monoisotopic (exact) mass is 474 g/mol. The van der Waals surface area contributed by atoms with Gasteiger partial charge in [-0.15, -0.1) is 16.8 Å². The van der Waals surface area contributed by atoms with Crippen molar-refractivity contribution < 1.29 is 4.79 Å². The number of aromatic nitrogens is 4. The first-order valence-corrected chi connectivity index (χ1v) is 12.3. The number of fused-ring (bicyclic) bond motifs is 4. The van der Waals surface area contributed by atoms with Gasteiger partial charge in [-0.05, 0) is 37.1 Å². The number of hydrogen-bond donors (Lipinski definition) is 1. The lowest BCUT2D eigenvalue weighted by Crippen LogP contribution is -2.38. The van der Waals surface area contributed by atoms with Crippen LogP contribution in [-0.2, 0) is 17.8 Å². The Morgan fingerprint density at radius 1 is 1.21 bits per heavy atom. The highest BCUT2D eigenvalue weighted by molar-refractivity contribution is 7.99. The van der Waals surface area contributed by atoms with E-state index >= 15 is 0 Å². The molecule has 3 heterocycles. The van der Waals surface area contributed by atoms with Crippen molar-refractivity contribution in [2.24, 2.45) is 0 Å². The van der Waals surface area contributed by atoms with E-state index < -0.39 is 0 Å². The van der Waals surface area contributed by atoms with Crippen molar-refractivity contribution in [1.82, 2.24) is 24.5 Å². The molecule has 8 nitrogen and oxygen atoms in total. The van der Waals surface area contributed by atoms with Gasteiger partial charge in [0.1, 0.15) is 0 Å². The molecule has 1 atom stereocenters. The van der Waals surface area contributed by atoms with E-state index in [1.54, 1.807) is 16.7 Å². The number of hydrogen-bond acceptors (Lipinski definition) is 6. The Bertz CT molecular complexity index is 1440. The van der Waals surface area contributed by atoms with Crippen LogP contribution in [0.25, 0.3) is 16.7 Å². The van der Waals surface area contributed by atoms with E-state index in [1.165, 1.54) is 23.0 Å². The maximum atomic E-state index is 12.9. The first-order chi connectivity index (χ1) is 16.6. The normalized spacial score (nSPS) is 15.1. The SMILES string of the molecule is C=CCn1c(=O)c2ccccc2n2c(SCC(=O)NCCN3c4ccccc4CC3C)nnc12. The molecule has 1 N–H and O–H groups in total. The largest absolute Gasteiger partial charge is 0.367 e. The van der Waals surface area contributed by atoms with Crippen molar-refractivity contribution in [2.45, 2.75) is 31.1 Å². The Labute approximate surface area is 201 Å². The predicted molar refractivity (Wildman–Crippen MR) is 136 cm³/mol. The van der Waals surface area contributed by atoms with Crippen molar-refractivity contribution in [1.29, 1.82) is 0 Å². The quantitative estimate of drug-likeness (QED) is 0.312. The van der Waals surface area contributed by atoms with E-state index in [0.29, 0.717) is 35.5 Å². The molecule has 0 aliphatic carbocycles. The van der Waals surface area contributed by atoms with Crippen molar-refractivity contribution in [2.75, 3.05) is 23.7 Å². The third kappa shape index (κ3) is 3.96. The van der Waals surface area contributed by atoms with E-state index in [9.17, 15) is 9.59 Å². The Hall–Kier alpha value is -3.59. The van der Waals surface area contributed by atoms with E-state index in [2.05, 4.69) is 58.2 Å². The summed E-state index contributed by atoms with van der Waals surface area (Å²) >= 11 is 1.31. The van der Waals surface area contributed by atoms with Crippen molar-refractivity contribution >= 4 is 40.0 Å². The highest BCUT2D eigenvalue weighted by Gasteiger charge is 2.25. The van der Waals surface area contributed by atoms with Gasteiger partial charge >= 0.3 is 0 Å². The average Bonchev–Trinajstić information content (AvgIpc) is 3.41. The van der Waals surface area contributed by atoms with E-state index in [1.807, 2.05) is 22.6 Å². The zero-order valence-electron chi connectivity index (χ0n) is 19.0. The van der Waals surface area contributed by atoms with Gasteiger partial charge in [-0.25, -0.2) is 0 Å². The van der Waals surface area contributed by atoms with Crippen LogP contribution in [0.15, 0.2) is 71.1 Å². The summed E-state index contributed by atoms with van der Waals surface area (Å²) in [5, 5.41) is 12.7. The van der Waals surface area contributed by atoms with Crippen LogP contribution in [-0.4, -0.2) is 50.0 Å². The maximum absolute atomic E-state index is 12.9. The average molecular weight is 475 g/mol. The summed E-state index contributed by atoms with van der Waals surface area (Å²) in [6.07, 6.45) is 2.69. The van der Waals surface area contributed by atoms with Crippen LogP contribution in [0.2, 0.25) is 0 Å². The lowest BCUT2D eigenvalue weighted by molar-refractivity contribution is -0.118. The lowest BCUT2D eigenvalue weighted by atomic mass is 10.1. The Kier molecular flexibility index (Phi) is 6.10. The van der Waals surface area contributed by atoms with E-state index in [0.717, 1.165) is 18.5 Å². The van der Waals surface area contributed by atoms with Crippen LogP contribution in [0, 0.1) is 0 Å². The molecule has 1 amide bonds. The minimum absolute atomic E-state index is 0.0643. The minimum Gasteiger partial charge on any atom is -0.367 e. The van der Waals surface area contributed by atoms with Crippen LogP contribution in [0.5, 0.6) is 0 Å². The number of carbonyl (C=O) groups excluding carboxylic acids is 1. The molecular formula is C25H26N6O2S.